The average molecular weight is 400 g/mol. The summed E-state index contributed by atoms with van der Waals surface area (Å²) in [4.78, 5) is 27.4. The summed E-state index contributed by atoms with van der Waals surface area (Å²) < 4.78 is 13.7. The molecule has 6 nitrogen and oxygen atoms in total. The average Bonchev–Trinajstić information content (AvgIpc) is 3.14. The molecular formula is C22H29FN4O2. The smallest absolute Gasteiger partial charge is 0.256 e. The normalized spacial score (nSPS) is 22.1. The van der Waals surface area contributed by atoms with Gasteiger partial charge < -0.3 is 20.9 Å². The molecule has 0 aliphatic carbocycles. The van der Waals surface area contributed by atoms with E-state index >= 15 is 0 Å². The molecule has 2 aliphatic rings. The molecule has 2 atom stereocenters. The molecule has 3 rings (SSSR count). The minimum Gasteiger partial charge on any atom is -0.381 e. The van der Waals surface area contributed by atoms with E-state index in [0.29, 0.717) is 23.4 Å². The lowest BCUT2D eigenvalue weighted by molar-refractivity contribution is -0.124. The van der Waals surface area contributed by atoms with E-state index < -0.39 is 5.82 Å². The number of nitrogens with one attached hydrogen (secondary N) is 3. The first-order chi connectivity index (χ1) is 13.8. The largest absolute Gasteiger partial charge is 0.381 e. The van der Waals surface area contributed by atoms with Gasteiger partial charge in [0, 0.05) is 36.1 Å². The van der Waals surface area contributed by atoms with Gasteiger partial charge in [0.25, 0.3) is 5.91 Å². The number of halogens is 1. The first-order valence-corrected chi connectivity index (χ1v) is 10.2. The van der Waals surface area contributed by atoms with Gasteiger partial charge in [-0.15, -0.1) is 0 Å². The van der Waals surface area contributed by atoms with Gasteiger partial charge in [-0.05, 0) is 56.8 Å². The van der Waals surface area contributed by atoms with E-state index in [1.54, 1.807) is 12.1 Å². The number of anilines is 1. The molecule has 0 saturated heterocycles. The quantitative estimate of drug-likeness (QED) is 0.615. The second-order valence-corrected chi connectivity index (χ2v) is 7.53. The molecular weight excluding hydrogens is 371 g/mol. The fourth-order valence-corrected chi connectivity index (χ4v) is 4.00. The molecule has 2 amide bonds. The summed E-state index contributed by atoms with van der Waals surface area (Å²) in [6.45, 7) is 11.4. The number of hydrogen-bond acceptors (Lipinski definition) is 4. The Morgan fingerprint density at radius 3 is 2.72 bits per heavy atom. The van der Waals surface area contributed by atoms with Crippen LogP contribution in [0.4, 0.5) is 10.1 Å². The fraction of sp³-hybridized carbons (Fsp3) is 0.455. The van der Waals surface area contributed by atoms with Crippen molar-refractivity contribution in [2.45, 2.75) is 33.7 Å². The Kier molecular flexibility index (Phi) is 6.37. The van der Waals surface area contributed by atoms with Crippen molar-refractivity contribution in [3.8, 4) is 0 Å². The van der Waals surface area contributed by atoms with E-state index in [-0.39, 0.29) is 23.8 Å². The first kappa shape index (κ1) is 21.0. The predicted molar refractivity (Wildman–Crippen MR) is 113 cm³/mol. The molecule has 0 spiro atoms. The molecule has 0 saturated carbocycles. The SMILES string of the molecule is CCN(CC)CCNC(=O)C1C(C)=C(/C=C2\C(=O)Nc3ccc(F)cc32)NC1C. The maximum atomic E-state index is 13.7. The molecule has 2 heterocycles. The summed E-state index contributed by atoms with van der Waals surface area (Å²) >= 11 is 0. The van der Waals surface area contributed by atoms with Gasteiger partial charge >= 0.3 is 0 Å². The summed E-state index contributed by atoms with van der Waals surface area (Å²) in [7, 11) is 0. The molecule has 29 heavy (non-hydrogen) atoms. The highest BCUT2D eigenvalue weighted by atomic mass is 19.1. The van der Waals surface area contributed by atoms with Crippen LogP contribution in [0.25, 0.3) is 5.57 Å². The molecule has 1 aromatic rings. The molecule has 156 valence electrons. The number of carbonyl (C=O) groups is 2. The van der Waals surface area contributed by atoms with Crippen molar-refractivity contribution in [2.24, 2.45) is 5.92 Å². The summed E-state index contributed by atoms with van der Waals surface area (Å²) in [5.74, 6) is -0.997. The van der Waals surface area contributed by atoms with Crippen molar-refractivity contribution in [2.75, 3.05) is 31.5 Å². The Morgan fingerprint density at radius 2 is 2.03 bits per heavy atom. The predicted octanol–water partition coefficient (Wildman–Crippen LogP) is 2.50. The third kappa shape index (κ3) is 4.34. The van der Waals surface area contributed by atoms with E-state index in [9.17, 15) is 14.0 Å². The number of fused-ring (bicyclic) bond motifs is 1. The van der Waals surface area contributed by atoms with Crippen LogP contribution >= 0.6 is 0 Å². The summed E-state index contributed by atoms with van der Waals surface area (Å²) in [5, 5.41) is 9.08. The highest BCUT2D eigenvalue weighted by Crippen LogP contribution is 2.35. The number of hydrogen-bond donors (Lipinski definition) is 3. The lowest BCUT2D eigenvalue weighted by Gasteiger charge is -2.20. The van der Waals surface area contributed by atoms with Gasteiger partial charge in [-0.1, -0.05) is 13.8 Å². The zero-order chi connectivity index (χ0) is 21.1. The van der Waals surface area contributed by atoms with Gasteiger partial charge in [0.15, 0.2) is 0 Å². The van der Waals surface area contributed by atoms with Crippen molar-refractivity contribution in [3.05, 3.63) is 46.9 Å². The van der Waals surface area contributed by atoms with Crippen LogP contribution in [-0.2, 0) is 9.59 Å². The van der Waals surface area contributed by atoms with Gasteiger partial charge in [-0.2, -0.15) is 0 Å². The molecule has 1 aromatic carbocycles. The van der Waals surface area contributed by atoms with Gasteiger partial charge in [0.2, 0.25) is 5.91 Å². The summed E-state index contributed by atoms with van der Waals surface area (Å²) in [5.41, 5.74) is 3.15. The van der Waals surface area contributed by atoms with Crippen LogP contribution in [0.2, 0.25) is 0 Å². The molecule has 7 heteroatoms. The zero-order valence-corrected chi connectivity index (χ0v) is 17.4. The number of amides is 2. The third-order valence-electron chi connectivity index (χ3n) is 5.73. The molecule has 0 radical (unpaired) electrons. The maximum absolute atomic E-state index is 13.7. The number of likely N-dealkylation sites (N-methyl/N-ethyl adjacent to an activating group) is 1. The van der Waals surface area contributed by atoms with Gasteiger partial charge in [0.05, 0.1) is 11.5 Å². The first-order valence-electron chi connectivity index (χ1n) is 10.2. The number of carbonyl (C=O) groups excluding carboxylic acids is 2. The van der Waals surface area contributed by atoms with E-state index in [1.807, 2.05) is 13.8 Å². The molecule has 0 aromatic heterocycles. The Labute approximate surface area is 171 Å². The molecule has 2 aliphatic heterocycles. The van der Waals surface area contributed by atoms with Crippen LogP contribution in [0.5, 0.6) is 0 Å². The van der Waals surface area contributed by atoms with Crippen molar-refractivity contribution in [1.82, 2.24) is 15.5 Å². The second-order valence-electron chi connectivity index (χ2n) is 7.53. The van der Waals surface area contributed by atoms with Crippen molar-refractivity contribution < 1.29 is 14.0 Å². The van der Waals surface area contributed by atoms with Crippen LogP contribution in [0, 0.1) is 11.7 Å². The van der Waals surface area contributed by atoms with Crippen molar-refractivity contribution >= 4 is 23.1 Å². The number of benzene rings is 1. The fourth-order valence-electron chi connectivity index (χ4n) is 4.00. The number of rotatable bonds is 7. The zero-order valence-electron chi connectivity index (χ0n) is 17.4. The Morgan fingerprint density at radius 1 is 1.31 bits per heavy atom. The number of nitrogens with zero attached hydrogens (tertiary/aromatic N) is 1. The lowest BCUT2D eigenvalue weighted by atomic mass is 9.95. The Hall–Kier alpha value is -2.67. The number of allylic oxidation sites excluding steroid dienone is 1. The van der Waals surface area contributed by atoms with E-state index in [1.165, 1.54) is 12.1 Å². The van der Waals surface area contributed by atoms with Gasteiger partial charge in [-0.3, -0.25) is 9.59 Å². The van der Waals surface area contributed by atoms with Crippen LogP contribution in [0.1, 0.15) is 33.3 Å². The summed E-state index contributed by atoms with van der Waals surface area (Å²) in [6, 6.07) is 4.14. The minimum absolute atomic E-state index is 0.0228. The monoisotopic (exact) mass is 400 g/mol. The third-order valence-corrected chi connectivity index (χ3v) is 5.73. The van der Waals surface area contributed by atoms with Crippen LogP contribution in [0.15, 0.2) is 35.5 Å². The van der Waals surface area contributed by atoms with Crippen LogP contribution in [0.3, 0.4) is 0 Å². The second kappa shape index (κ2) is 8.78. The van der Waals surface area contributed by atoms with Crippen LogP contribution < -0.4 is 16.0 Å². The summed E-state index contributed by atoms with van der Waals surface area (Å²) in [6.07, 6.45) is 1.72. The maximum Gasteiger partial charge on any atom is 0.256 e. The van der Waals surface area contributed by atoms with Gasteiger partial charge in [0.1, 0.15) is 5.82 Å². The van der Waals surface area contributed by atoms with Crippen molar-refractivity contribution in [1.29, 1.82) is 0 Å². The van der Waals surface area contributed by atoms with Crippen molar-refractivity contribution in [3.63, 3.8) is 0 Å². The topological polar surface area (TPSA) is 73.5 Å². The van der Waals surface area contributed by atoms with E-state index in [4.69, 9.17) is 0 Å². The Balaban J connectivity index is 1.77. The van der Waals surface area contributed by atoms with E-state index in [2.05, 4.69) is 34.7 Å². The minimum atomic E-state index is -0.393. The Bertz CT molecular complexity index is 874. The highest BCUT2D eigenvalue weighted by molar-refractivity contribution is 6.31. The van der Waals surface area contributed by atoms with Crippen LogP contribution in [-0.4, -0.2) is 48.9 Å². The van der Waals surface area contributed by atoms with Gasteiger partial charge in [-0.25, -0.2) is 4.39 Å². The molecule has 0 bridgehead atoms. The highest BCUT2D eigenvalue weighted by Gasteiger charge is 2.35. The molecule has 3 N–H and O–H groups in total. The lowest BCUT2D eigenvalue weighted by Crippen LogP contribution is -2.41. The standard InChI is InChI=1S/C22H29FN4O2/c1-5-27(6-2)10-9-24-22(29)20-13(3)19(25-14(20)4)12-17-16-11-15(23)7-8-18(16)26-21(17)28/h7-8,11-12,14,20,25H,5-6,9-10H2,1-4H3,(H,24,29)(H,26,28)/b17-12-. The molecule has 0 fully saturated rings. The van der Waals surface area contributed by atoms with E-state index in [0.717, 1.165) is 30.9 Å². The molecule has 2 unspecified atom stereocenters.